The number of fused-ring (bicyclic) bond motifs is 2. The third-order valence-electron chi connectivity index (χ3n) is 7.23. The number of hydrogen-bond acceptors (Lipinski definition) is 5. The number of alkyl halides is 3. The molecule has 1 aromatic carbocycles. The van der Waals surface area contributed by atoms with Crippen LogP contribution in [0.15, 0.2) is 41.3 Å². The van der Waals surface area contributed by atoms with Gasteiger partial charge in [-0.2, -0.15) is 13.2 Å². The Morgan fingerprint density at radius 2 is 1.58 bits per heavy atom. The van der Waals surface area contributed by atoms with Gasteiger partial charge in [0.05, 0.1) is 21.9 Å². The maximum absolute atomic E-state index is 13.1. The Kier molecular flexibility index (Phi) is 6.85. The van der Waals surface area contributed by atoms with Gasteiger partial charge < -0.3 is 9.47 Å². The van der Waals surface area contributed by atoms with Crippen LogP contribution in [0.4, 0.5) is 13.2 Å². The molecule has 0 atom stereocenters. The first-order valence-corrected chi connectivity index (χ1v) is 13.6. The molecular weight excluding hydrogens is 495 g/mol. The summed E-state index contributed by atoms with van der Waals surface area (Å²) in [5, 5.41) is 0. The molecule has 1 saturated heterocycles. The summed E-state index contributed by atoms with van der Waals surface area (Å²) in [7, 11) is -1.51. The number of nitrogens with zero attached hydrogens (tertiary/aromatic N) is 3. The van der Waals surface area contributed by atoms with Crippen molar-refractivity contribution in [1.82, 2.24) is 14.4 Å². The van der Waals surface area contributed by atoms with E-state index >= 15 is 0 Å². The van der Waals surface area contributed by atoms with E-state index in [0.29, 0.717) is 43.7 Å². The van der Waals surface area contributed by atoms with Crippen molar-refractivity contribution in [2.24, 2.45) is 5.92 Å². The Balaban J connectivity index is 1.51. The minimum Gasteiger partial charge on any atom is -0.339 e. The van der Waals surface area contributed by atoms with Gasteiger partial charge in [0.1, 0.15) is 0 Å². The summed E-state index contributed by atoms with van der Waals surface area (Å²) >= 11 is 0. The molecule has 2 aromatic rings. The van der Waals surface area contributed by atoms with E-state index in [0.717, 1.165) is 0 Å². The lowest BCUT2D eigenvalue weighted by Crippen LogP contribution is -2.56. The molecule has 0 radical (unpaired) electrons. The van der Waals surface area contributed by atoms with E-state index in [-0.39, 0.29) is 34.7 Å². The summed E-state index contributed by atoms with van der Waals surface area (Å²) in [6, 6.07) is 8.80. The normalized spacial score (nSPS) is 18.5. The number of carbonyl (C=O) groups excluding carboxylic acids is 2. The van der Waals surface area contributed by atoms with Crippen LogP contribution < -0.4 is 0 Å². The molecule has 2 aliphatic rings. The number of piperidine rings is 1. The van der Waals surface area contributed by atoms with Crippen LogP contribution in [0.2, 0.25) is 0 Å². The molecule has 0 bridgehead atoms. The highest BCUT2D eigenvalue weighted by Gasteiger charge is 2.47. The van der Waals surface area contributed by atoms with Gasteiger partial charge in [0, 0.05) is 37.4 Å². The van der Waals surface area contributed by atoms with Gasteiger partial charge in [-0.3, -0.25) is 14.5 Å². The van der Waals surface area contributed by atoms with Gasteiger partial charge in [0.25, 0.3) is 11.7 Å². The van der Waals surface area contributed by atoms with Gasteiger partial charge in [-0.1, -0.05) is 13.8 Å². The first kappa shape index (κ1) is 26.4. The van der Waals surface area contributed by atoms with Gasteiger partial charge in [-0.05, 0) is 62.2 Å². The monoisotopic (exact) mass is 525 g/mol. The molecule has 4 rings (SSSR count). The number of amides is 1. The summed E-state index contributed by atoms with van der Waals surface area (Å²) in [5.41, 5.74) is 0.119. The van der Waals surface area contributed by atoms with Crippen molar-refractivity contribution >= 4 is 21.5 Å². The average molecular weight is 526 g/mol. The molecule has 0 unspecified atom stereocenters. The molecule has 1 amide bonds. The van der Waals surface area contributed by atoms with Crippen molar-refractivity contribution < 1.29 is 31.2 Å². The van der Waals surface area contributed by atoms with Crippen LogP contribution in [0, 0.1) is 5.92 Å². The lowest BCUT2D eigenvalue weighted by molar-refractivity contribution is -0.0892. The predicted octanol–water partition coefficient (Wildman–Crippen LogP) is 3.74. The molecule has 36 heavy (non-hydrogen) atoms. The SMILES string of the molecule is CC(C)CS(=O)(=O)c1ccc(C(=O)N2CCC3(CC2)c2ccc(C(=O)C(F)(F)F)n2CCN3C)cc1. The van der Waals surface area contributed by atoms with E-state index in [4.69, 9.17) is 0 Å². The highest BCUT2D eigenvalue weighted by Crippen LogP contribution is 2.42. The van der Waals surface area contributed by atoms with E-state index < -0.39 is 27.3 Å². The molecule has 0 N–H and O–H groups in total. The van der Waals surface area contributed by atoms with Crippen LogP contribution in [0.25, 0.3) is 0 Å². The van der Waals surface area contributed by atoms with E-state index in [9.17, 15) is 31.2 Å². The lowest BCUT2D eigenvalue weighted by Gasteiger charge is -2.50. The van der Waals surface area contributed by atoms with E-state index in [2.05, 4.69) is 4.90 Å². The second-order valence-corrected chi connectivity index (χ2v) is 12.1. The summed E-state index contributed by atoms with van der Waals surface area (Å²) < 4.78 is 65.6. The second kappa shape index (κ2) is 9.33. The highest BCUT2D eigenvalue weighted by molar-refractivity contribution is 7.91. The molecule has 1 fully saturated rings. The van der Waals surface area contributed by atoms with Crippen LogP contribution in [-0.2, 0) is 21.9 Å². The molecule has 0 aliphatic carbocycles. The fourth-order valence-corrected chi connectivity index (χ4v) is 6.98. The van der Waals surface area contributed by atoms with Crippen molar-refractivity contribution in [3.63, 3.8) is 0 Å². The molecule has 2 aliphatic heterocycles. The quantitative estimate of drug-likeness (QED) is 0.556. The summed E-state index contributed by atoms with van der Waals surface area (Å²) in [6.07, 6.45) is -3.94. The third kappa shape index (κ3) is 4.70. The summed E-state index contributed by atoms with van der Waals surface area (Å²) in [4.78, 5) is 29.0. The summed E-state index contributed by atoms with van der Waals surface area (Å²) in [6.45, 7) is 5.18. The van der Waals surface area contributed by atoms with Crippen LogP contribution in [0.3, 0.4) is 0 Å². The molecule has 1 aromatic heterocycles. The van der Waals surface area contributed by atoms with Crippen molar-refractivity contribution in [3.05, 3.63) is 53.3 Å². The maximum Gasteiger partial charge on any atom is 0.456 e. The second-order valence-electron chi connectivity index (χ2n) is 10.0. The number of aromatic nitrogens is 1. The minimum atomic E-state index is -4.94. The molecule has 0 saturated carbocycles. The van der Waals surface area contributed by atoms with Crippen molar-refractivity contribution in [3.8, 4) is 0 Å². The van der Waals surface area contributed by atoms with Crippen LogP contribution in [-0.4, -0.2) is 73.1 Å². The van der Waals surface area contributed by atoms with Crippen LogP contribution in [0.5, 0.6) is 0 Å². The number of hydrogen-bond donors (Lipinski definition) is 0. The zero-order valence-electron chi connectivity index (χ0n) is 20.5. The lowest BCUT2D eigenvalue weighted by atomic mass is 9.81. The maximum atomic E-state index is 13.1. The van der Waals surface area contributed by atoms with Gasteiger partial charge in [0.15, 0.2) is 9.84 Å². The number of likely N-dealkylation sites (N-methyl/N-ethyl adjacent to an activating group) is 1. The topological polar surface area (TPSA) is 79.7 Å². The zero-order valence-corrected chi connectivity index (χ0v) is 21.3. The predicted molar refractivity (Wildman–Crippen MR) is 128 cm³/mol. The van der Waals surface area contributed by atoms with E-state index in [1.54, 1.807) is 11.0 Å². The number of benzene rings is 1. The van der Waals surface area contributed by atoms with E-state index in [1.807, 2.05) is 20.9 Å². The average Bonchev–Trinajstić information content (AvgIpc) is 3.25. The van der Waals surface area contributed by atoms with Gasteiger partial charge in [0.2, 0.25) is 0 Å². The Morgan fingerprint density at radius 1 is 0.972 bits per heavy atom. The fourth-order valence-electron chi connectivity index (χ4n) is 5.36. The van der Waals surface area contributed by atoms with Gasteiger partial charge >= 0.3 is 6.18 Å². The van der Waals surface area contributed by atoms with Crippen LogP contribution >= 0.6 is 0 Å². The van der Waals surface area contributed by atoms with Crippen molar-refractivity contribution in [1.29, 1.82) is 0 Å². The molecule has 1 spiro atoms. The Morgan fingerprint density at radius 3 is 2.14 bits per heavy atom. The molecule has 7 nitrogen and oxygen atoms in total. The van der Waals surface area contributed by atoms with Crippen LogP contribution in [0.1, 0.15) is 53.2 Å². The van der Waals surface area contributed by atoms with Crippen molar-refractivity contribution in [2.45, 2.75) is 49.8 Å². The number of carbonyl (C=O) groups is 2. The minimum absolute atomic E-state index is 0.0151. The molecule has 11 heteroatoms. The number of Topliss-reactive ketones (excluding diaryl/α,β-unsaturated/α-hetero) is 1. The van der Waals surface area contributed by atoms with E-state index in [1.165, 1.54) is 34.9 Å². The largest absolute Gasteiger partial charge is 0.456 e. The molecule has 3 heterocycles. The Labute approximate surface area is 208 Å². The number of likely N-dealkylation sites (tertiary alicyclic amines) is 1. The van der Waals surface area contributed by atoms with Gasteiger partial charge in [-0.25, -0.2) is 8.42 Å². The molecular formula is C25H30F3N3O4S. The highest BCUT2D eigenvalue weighted by atomic mass is 32.2. The Hall–Kier alpha value is -2.66. The Bertz CT molecular complexity index is 1260. The van der Waals surface area contributed by atoms with Gasteiger partial charge in [-0.15, -0.1) is 0 Å². The fraction of sp³-hybridized carbons (Fsp3) is 0.520. The molecule has 196 valence electrons. The first-order valence-electron chi connectivity index (χ1n) is 11.9. The third-order valence-corrected chi connectivity index (χ3v) is 9.32. The smallest absolute Gasteiger partial charge is 0.339 e. The standard InChI is InChI=1S/C25H30F3N3O4S/c1-17(2)16-36(34,35)19-6-4-18(5-7-19)23(33)30-12-10-24(11-13-30)21-9-8-20(22(32)25(26,27)28)31(21)15-14-29(24)3/h4-9,17H,10-16H2,1-3H3. The first-order chi connectivity index (χ1) is 16.8. The number of halogens is 3. The zero-order chi connectivity index (χ0) is 26.5. The number of rotatable bonds is 5. The number of sulfone groups is 1. The summed E-state index contributed by atoms with van der Waals surface area (Å²) in [5.74, 6) is -2.06. The van der Waals surface area contributed by atoms with Crippen molar-refractivity contribution in [2.75, 3.05) is 32.4 Å². The number of ketones is 1.